The Balaban J connectivity index is 1.64. The molecular weight excluding hydrogens is 605 g/mol. The van der Waals surface area contributed by atoms with Crippen LogP contribution in [0.4, 0.5) is 10.1 Å². The summed E-state index contributed by atoms with van der Waals surface area (Å²) in [6.07, 6.45) is 1.16. The summed E-state index contributed by atoms with van der Waals surface area (Å²) in [6.45, 7) is 3.79. The van der Waals surface area contributed by atoms with E-state index in [4.69, 9.17) is 4.74 Å². The molecule has 0 spiro atoms. The molecule has 2 amide bonds. The van der Waals surface area contributed by atoms with Crippen LogP contribution >= 0.6 is 0 Å². The summed E-state index contributed by atoms with van der Waals surface area (Å²) >= 11 is 0. The maximum absolute atomic E-state index is 14.9. The van der Waals surface area contributed by atoms with Crippen molar-refractivity contribution in [2.24, 2.45) is 5.92 Å². The van der Waals surface area contributed by atoms with Gasteiger partial charge in [0.05, 0.1) is 11.9 Å². The predicted octanol–water partition coefficient (Wildman–Crippen LogP) is 5.58. The smallest absolute Gasteiger partial charge is 0.244 e. The Bertz CT molecular complexity index is 1680. The standard InChI is InChI=1S/C36H40FN3O5S/c1-27(2)23-38-36(42)34(22-28-12-6-4-7-13-28)39(24-30-16-10-11-17-33(30)37)35(41)25-40(46(3,43)44)31-18-20-32(21-19-31)45-26-29-14-8-5-9-15-29/h4-21,27,34H,22-26H2,1-3H3,(H,38,42). The second-order valence-corrected chi connectivity index (χ2v) is 13.4. The number of ether oxygens (including phenoxy) is 1. The van der Waals surface area contributed by atoms with E-state index in [1.807, 2.05) is 74.5 Å². The van der Waals surface area contributed by atoms with E-state index in [0.29, 0.717) is 18.9 Å². The van der Waals surface area contributed by atoms with Crippen LogP contribution in [0.1, 0.15) is 30.5 Å². The highest BCUT2D eigenvalue weighted by Gasteiger charge is 2.33. The van der Waals surface area contributed by atoms with Gasteiger partial charge in [-0.25, -0.2) is 12.8 Å². The minimum absolute atomic E-state index is 0.150. The lowest BCUT2D eigenvalue weighted by molar-refractivity contribution is -0.140. The SMILES string of the molecule is CC(C)CNC(=O)C(Cc1ccccc1)N(Cc1ccccc1F)C(=O)CN(c1ccc(OCc2ccccc2)cc1)S(C)(=O)=O. The van der Waals surface area contributed by atoms with Crippen LogP contribution in [0.3, 0.4) is 0 Å². The molecule has 0 radical (unpaired) electrons. The molecule has 1 unspecified atom stereocenters. The summed E-state index contributed by atoms with van der Waals surface area (Å²) in [5.41, 5.74) is 2.23. The van der Waals surface area contributed by atoms with Gasteiger partial charge in [-0.2, -0.15) is 0 Å². The van der Waals surface area contributed by atoms with Gasteiger partial charge in [-0.1, -0.05) is 92.7 Å². The first kappa shape index (κ1) is 34.2. The normalized spacial score (nSPS) is 11.9. The fourth-order valence-electron chi connectivity index (χ4n) is 4.85. The molecule has 4 rings (SSSR count). The number of halogens is 1. The number of sulfonamides is 1. The summed E-state index contributed by atoms with van der Waals surface area (Å²) in [6, 6.07) is 30.2. The van der Waals surface area contributed by atoms with Crippen molar-refractivity contribution in [3.05, 3.63) is 132 Å². The minimum atomic E-state index is -3.95. The number of benzene rings is 4. The molecule has 0 aliphatic carbocycles. The third-order valence-corrected chi connectivity index (χ3v) is 8.45. The van der Waals surface area contributed by atoms with Crippen molar-refractivity contribution in [3.63, 3.8) is 0 Å². The molecule has 0 saturated carbocycles. The van der Waals surface area contributed by atoms with Crippen molar-refractivity contribution in [3.8, 4) is 5.75 Å². The van der Waals surface area contributed by atoms with E-state index in [-0.39, 0.29) is 30.1 Å². The second kappa shape index (κ2) is 16.0. The van der Waals surface area contributed by atoms with Gasteiger partial charge in [0.25, 0.3) is 0 Å². The molecule has 1 atom stereocenters. The fraction of sp³-hybridized carbons (Fsp3) is 0.278. The van der Waals surface area contributed by atoms with Crippen LogP contribution in [0.25, 0.3) is 0 Å². The number of nitrogens with one attached hydrogen (secondary N) is 1. The summed E-state index contributed by atoms with van der Waals surface area (Å²) in [5.74, 6) is -0.921. The van der Waals surface area contributed by atoms with Gasteiger partial charge in [0, 0.05) is 25.1 Å². The van der Waals surface area contributed by atoms with Gasteiger partial charge in [0.1, 0.15) is 30.8 Å². The van der Waals surface area contributed by atoms with Crippen LogP contribution in [0, 0.1) is 11.7 Å². The number of hydrogen-bond donors (Lipinski definition) is 1. The molecule has 46 heavy (non-hydrogen) atoms. The van der Waals surface area contributed by atoms with Crippen molar-refractivity contribution in [2.75, 3.05) is 23.7 Å². The molecule has 0 saturated heterocycles. The van der Waals surface area contributed by atoms with E-state index in [1.54, 1.807) is 42.5 Å². The van der Waals surface area contributed by atoms with Crippen LogP contribution in [0.15, 0.2) is 109 Å². The van der Waals surface area contributed by atoms with Gasteiger partial charge < -0.3 is 15.0 Å². The first-order valence-corrected chi connectivity index (χ1v) is 16.9. The minimum Gasteiger partial charge on any atom is -0.489 e. The third kappa shape index (κ3) is 9.90. The van der Waals surface area contributed by atoms with E-state index in [2.05, 4.69) is 5.32 Å². The van der Waals surface area contributed by atoms with Gasteiger partial charge >= 0.3 is 0 Å². The lowest BCUT2D eigenvalue weighted by Gasteiger charge is -2.33. The zero-order valence-electron chi connectivity index (χ0n) is 26.3. The quantitative estimate of drug-likeness (QED) is 0.182. The van der Waals surface area contributed by atoms with Crippen molar-refractivity contribution in [1.82, 2.24) is 10.2 Å². The fourth-order valence-corrected chi connectivity index (χ4v) is 5.70. The largest absolute Gasteiger partial charge is 0.489 e. The highest BCUT2D eigenvalue weighted by atomic mass is 32.2. The molecular formula is C36H40FN3O5S. The van der Waals surface area contributed by atoms with Crippen molar-refractivity contribution in [2.45, 2.75) is 39.5 Å². The van der Waals surface area contributed by atoms with E-state index in [0.717, 1.165) is 21.7 Å². The predicted molar refractivity (Wildman–Crippen MR) is 178 cm³/mol. The van der Waals surface area contributed by atoms with Gasteiger partial charge in [-0.15, -0.1) is 0 Å². The van der Waals surface area contributed by atoms with Crippen molar-refractivity contribution in [1.29, 1.82) is 0 Å². The first-order chi connectivity index (χ1) is 22.0. The van der Waals surface area contributed by atoms with Gasteiger partial charge in [0.15, 0.2) is 0 Å². The molecule has 0 aliphatic heterocycles. The lowest BCUT2D eigenvalue weighted by Crippen LogP contribution is -2.53. The molecule has 4 aromatic carbocycles. The molecule has 10 heteroatoms. The third-order valence-electron chi connectivity index (χ3n) is 7.31. The second-order valence-electron chi connectivity index (χ2n) is 11.5. The first-order valence-electron chi connectivity index (χ1n) is 15.1. The highest BCUT2D eigenvalue weighted by Crippen LogP contribution is 2.24. The van der Waals surface area contributed by atoms with Crippen LogP contribution in [-0.2, 0) is 39.2 Å². The monoisotopic (exact) mass is 645 g/mol. The number of carbonyl (C=O) groups excluding carboxylic acids is 2. The summed E-state index contributed by atoms with van der Waals surface area (Å²) in [5, 5.41) is 2.91. The zero-order valence-corrected chi connectivity index (χ0v) is 27.1. The maximum atomic E-state index is 14.9. The molecule has 8 nitrogen and oxygen atoms in total. The van der Waals surface area contributed by atoms with Gasteiger partial charge in [-0.3, -0.25) is 13.9 Å². The van der Waals surface area contributed by atoms with Crippen molar-refractivity contribution >= 4 is 27.5 Å². The van der Waals surface area contributed by atoms with E-state index >= 15 is 0 Å². The average molecular weight is 646 g/mol. The number of amides is 2. The molecule has 242 valence electrons. The number of nitrogens with zero attached hydrogens (tertiary/aromatic N) is 2. The Hall–Kier alpha value is -4.70. The molecule has 0 heterocycles. The number of anilines is 1. The Morgan fingerprint density at radius 2 is 1.41 bits per heavy atom. The Kier molecular flexibility index (Phi) is 11.9. The summed E-state index contributed by atoms with van der Waals surface area (Å²) in [7, 11) is -3.95. The molecule has 4 aromatic rings. The zero-order chi connectivity index (χ0) is 33.1. The van der Waals surface area contributed by atoms with Gasteiger partial charge in [0.2, 0.25) is 21.8 Å². The van der Waals surface area contributed by atoms with Crippen LogP contribution in [0.5, 0.6) is 5.75 Å². The van der Waals surface area contributed by atoms with E-state index in [1.165, 1.54) is 11.0 Å². The Labute approximate surface area is 270 Å². The maximum Gasteiger partial charge on any atom is 0.244 e. The van der Waals surface area contributed by atoms with E-state index in [9.17, 15) is 22.4 Å². The van der Waals surface area contributed by atoms with Crippen LogP contribution in [-0.4, -0.2) is 50.5 Å². The van der Waals surface area contributed by atoms with Crippen LogP contribution < -0.4 is 14.4 Å². The molecule has 0 fully saturated rings. The molecule has 0 aliphatic rings. The Morgan fingerprint density at radius 3 is 2.00 bits per heavy atom. The average Bonchev–Trinajstić information content (AvgIpc) is 3.04. The van der Waals surface area contributed by atoms with Crippen LogP contribution in [0.2, 0.25) is 0 Å². The summed E-state index contributed by atoms with van der Waals surface area (Å²) < 4.78 is 47.9. The number of hydrogen-bond acceptors (Lipinski definition) is 5. The van der Waals surface area contributed by atoms with E-state index < -0.39 is 40.2 Å². The molecule has 1 N–H and O–H groups in total. The molecule has 0 bridgehead atoms. The summed E-state index contributed by atoms with van der Waals surface area (Å²) in [4.78, 5) is 29.1. The highest BCUT2D eigenvalue weighted by molar-refractivity contribution is 7.92. The number of carbonyl (C=O) groups is 2. The molecule has 0 aromatic heterocycles. The van der Waals surface area contributed by atoms with Crippen molar-refractivity contribution < 1.29 is 27.1 Å². The lowest BCUT2D eigenvalue weighted by atomic mass is 10.0. The number of rotatable bonds is 15. The Morgan fingerprint density at radius 1 is 0.826 bits per heavy atom. The van der Waals surface area contributed by atoms with Gasteiger partial charge in [-0.05, 0) is 47.4 Å². The topological polar surface area (TPSA) is 96.0 Å².